The molecular weight excluding hydrogens is 487 g/mol. The number of halogens is 1. The highest BCUT2D eigenvalue weighted by Crippen LogP contribution is 2.30. The average Bonchev–Trinajstić information content (AvgIpc) is 3.45. The molecule has 1 saturated heterocycles. The number of fused-ring (bicyclic) bond motifs is 1. The Bertz CT molecular complexity index is 1550. The van der Waals surface area contributed by atoms with Gasteiger partial charge >= 0.3 is 6.03 Å². The molecule has 5 heterocycles. The number of benzene rings is 1. The van der Waals surface area contributed by atoms with Crippen molar-refractivity contribution in [3.05, 3.63) is 71.6 Å². The van der Waals surface area contributed by atoms with Crippen molar-refractivity contribution < 1.29 is 18.8 Å². The lowest BCUT2D eigenvalue weighted by atomic mass is 10.1. The van der Waals surface area contributed by atoms with Crippen LogP contribution in [0.25, 0.3) is 16.6 Å². The minimum absolute atomic E-state index is 0.0159. The number of ketones is 1. The predicted octanol–water partition coefficient (Wildman–Crippen LogP) is 3.39. The van der Waals surface area contributed by atoms with Crippen LogP contribution in [0.1, 0.15) is 40.9 Å². The number of urea groups is 1. The fourth-order valence-corrected chi connectivity index (χ4v) is 5.59. The van der Waals surface area contributed by atoms with Gasteiger partial charge in [-0.25, -0.2) is 14.2 Å². The van der Waals surface area contributed by atoms with Crippen molar-refractivity contribution in [3.63, 3.8) is 0 Å². The van der Waals surface area contributed by atoms with Crippen LogP contribution in [-0.4, -0.2) is 67.7 Å². The number of carbonyl (C=O) groups excluding carboxylic acids is 3. The zero-order valence-corrected chi connectivity index (χ0v) is 21.0. The zero-order valence-electron chi connectivity index (χ0n) is 21.0. The Kier molecular flexibility index (Phi) is 6.30. The van der Waals surface area contributed by atoms with E-state index in [2.05, 4.69) is 10.3 Å². The quantitative estimate of drug-likeness (QED) is 0.412. The van der Waals surface area contributed by atoms with Crippen molar-refractivity contribution in [2.24, 2.45) is 0 Å². The number of hydrogen-bond acceptors (Lipinski definition) is 4. The van der Waals surface area contributed by atoms with E-state index in [1.54, 1.807) is 17.3 Å². The number of nitrogens with one attached hydrogen (secondary N) is 1. The van der Waals surface area contributed by atoms with Gasteiger partial charge in [-0.2, -0.15) is 0 Å². The third kappa shape index (κ3) is 4.51. The summed E-state index contributed by atoms with van der Waals surface area (Å²) < 4.78 is 18.5. The molecule has 2 aliphatic rings. The first-order chi connectivity index (χ1) is 18.5. The number of likely N-dealkylation sites (tertiary alicyclic amines) is 1. The summed E-state index contributed by atoms with van der Waals surface area (Å²) in [5, 5.41) is 3.21. The fourth-order valence-electron chi connectivity index (χ4n) is 5.59. The SMILES string of the molecule is O=C(Cc1cnc2ccccn12)NCC(=O)c1cn2c3c(cc(F)cc13)CN(C(=O)N1CCCCC1)CC2. The minimum atomic E-state index is -0.455. The molecule has 0 unspecified atom stereocenters. The molecule has 0 atom stereocenters. The third-order valence-corrected chi connectivity index (χ3v) is 7.47. The molecule has 38 heavy (non-hydrogen) atoms. The van der Waals surface area contributed by atoms with Gasteiger partial charge in [-0.3, -0.25) is 9.59 Å². The van der Waals surface area contributed by atoms with Crippen molar-refractivity contribution in [1.82, 2.24) is 29.1 Å². The number of rotatable bonds is 5. The molecule has 1 N–H and O–H groups in total. The Morgan fingerprint density at radius 3 is 2.68 bits per heavy atom. The average molecular weight is 517 g/mol. The second-order valence-electron chi connectivity index (χ2n) is 10.0. The van der Waals surface area contributed by atoms with Crippen molar-refractivity contribution in [2.45, 2.75) is 38.8 Å². The normalized spacial score (nSPS) is 15.6. The minimum Gasteiger partial charge on any atom is -0.348 e. The number of imidazole rings is 1. The summed E-state index contributed by atoms with van der Waals surface area (Å²) in [7, 11) is 0. The standard InChI is InChI=1S/C28H29FN6O3/c29-20-12-19-17-34(28(38)32-7-3-1-4-8-32)11-10-33-18-23(22(13-20)27(19)33)24(36)16-31-26(37)14-21-15-30-25-6-2-5-9-35(21)25/h2,5-6,9,12-13,15,18H,1,3-4,7-8,10-11,14,16-17H2,(H,31,37). The summed E-state index contributed by atoms with van der Waals surface area (Å²) in [6.45, 7) is 2.57. The monoisotopic (exact) mass is 516 g/mol. The molecule has 6 rings (SSSR count). The van der Waals surface area contributed by atoms with Gasteiger partial charge in [0.2, 0.25) is 5.91 Å². The summed E-state index contributed by atoms with van der Waals surface area (Å²) in [4.78, 5) is 46.9. The molecule has 4 aromatic rings. The second-order valence-corrected chi connectivity index (χ2v) is 10.0. The number of hydrogen-bond donors (Lipinski definition) is 1. The third-order valence-electron chi connectivity index (χ3n) is 7.47. The summed E-state index contributed by atoms with van der Waals surface area (Å²) in [6.07, 6.45) is 8.43. The summed E-state index contributed by atoms with van der Waals surface area (Å²) in [6, 6.07) is 8.39. The summed E-state index contributed by atoms with van der Waals surface area (Å²) in [5.74, 6) is -1.05. The number of carbonyl (C=O) groups is 3. The molecule has 0 aliphatic carbocycles. The van der Waals surface area contributed by atoms with Crippen LogP contribution in [0.5, 0.6) is 0 Å². The highest BCUT2D eigenvalue weighted by molar-refractivity contribution is 6.10. The fraction of sp³-hybridized carbons (Fsp3) is 0.357. The Balaban J connectivity index is 1.18. The van der Waals surface area contributed by atoms with Crippen LogP contribution in [0.4, 0.5) is 9.18 Å². The Labute approximate surface area is 218 Å². The van der Waals surface area contributed by atoms with E-state index in [9.17, 15) is 18.8 Å². The molecule has 2 aliphatic heterocycles. The second kappa shape index (κ2) is 9.92. The maximum atomic E-state index is 14.7. The van der Waals surface area contributed by atoms with Crippen molar-refractivity contribution in [1.29, 1.82) is 0 Å². The number of piperidine rings is 1. The summed E-state index contributed by atoms with van der Waals surface area (Å²) >= 11 is 0. The van der Waals surface area contributed by atoms with E-state index in [4.69, 9.17) is 0 Å². The molecule has 10 heteroatoms. The molecule has 0 spiro atoms. The molecule has 196 valence electrons. The number of pyridine rings is 1. The first-order valence-corrected chi connectivity index (χ1v) is 13.0. The van der Waals surface area contributed by atoms with E-state index in [0.29, 0.717) is 29.6 Å². The molecule has 0 radical (unpaired) electrons. The first-order valence-electron chi connectivity index (χ1n) is 13.0. The van der Waals surface area contributed by atoms with E-state index in [1.165, 1.54) is 12.1 Å². The maximum Gasteiger partial charge on any atom is 0.320 e. The molecule has 1 aromatic carbocycles. The molecule has 0 bridgehead atoms. The van der Waals surface area contributed by atoms with Crippen LogP contribution in [0, 0.1) is 5.82 Å². The van der Waals surface area contributed by atoms with Gasteiger partial charge in [0.05, 0.1) is 24.2 Å². The smallest absolute Gasteiger partial charge is 0.320 e. The molecule has 3 amide bonds. The molecule has 9 nitrogen and oxygen atoms in total. The molecule has 1 fully saturated rings. The highest BCUT2D eigenvalue weighted by atomic mass is 19.1. The van der Waals surface area contributed by atoms with Gasteiger partial charge < -0.3 is 24.1 Å². The van der Waals surface area contributed by atoms with Gasteiger partial charge in [-0.1, -0.05) is 6.07 Å². The van der Waals surface area contributed by atoms with Crippen LogP contribution in [0.15, 0.2) is 48.9 Å². The molecule has 3 aromatic heterocycles. The lowest BCUT2D eigenvalue weighted by Crippen LogP contribution is -2.45. The topological polar surface area (TPSA) is 92.0 Å². The highest BCUT2D eigenvalue weighted by Gasteiger charge is 2.28. The van der Waals surface area contributed by atoms with Gasteiger partial charge in [0, 0.05) is 62.3 Å². The maximum absolute atomic E-state index is 14.7. The molecule has 0 saturated carbocycles. The van der Waals surface area contributed by atoms with Gasteiger partial charge in [-0.15, -0.1) is 0 Å². The van der Waals surface area contributed by atoms with Gasteiger partial charge in [-0.05, 0) is 49.1 Å². The van der Waals surface area contributed by atoms with Crippen molar-refractivity contribution in [2.75, 3.05) is 26.2 Å². The predicted molar refractivity (Wildman–Crippen MR) is 139 cm³/mol. The lowest BCUT2D eigenvalue weighted by molar-refractivity contribution is -0.120. The van der Waals surface area contributed by atoms with E-state index >= 15 is 0 Å². The van der Waals surface area contributed by atoms with E-state index in [1.807, 2.05) is 38.3 Å². The number of amides is 3. The van der Waals surface area contributed by atoms with Crippen LogP contribution in [-0.2, 0) is 24.3 Å². The zero-order chi connectivity index (χ0) is 26.2. The largest absolute Gasteiger partial charge is 0.348 e. The molecular formula is C28H29FN6O3. The van der Waals surface area contributed by atoms with Crippen molar-refractivity contribution >= 4 is 34.3 Å². The van der Waals surface area contributed by atoms with Crippen LogP contribution in [0.2, 0.25) is 0 Å². The van der Waals surface area contributed by atoms with E-state index < -0.39 is 5.82 Å². The van der Waals surface area contributed by atoms with Gasteiger partial charge in [0.15, 0.2) is 5.78 Å². The Morgan fingerprint density at radius 1 is 1.00 bits per heavy atom. The first kappa shape index (κ1) is 24.1. The number of nitrogens with zero attached hydrogens (tertiary/aromatic N) is 5. The number of aromatic nitrogens is 3. The van der Waals surface area contributed by atoms with Crippen LogP contribution >= 0.6 is 0 Å². The van der Waals surface area contributed by atoms with E-state index in [0.717, 1.165) is 49.2 Å². The van der Waals surface area contributed by atoms with Crippen LogP contribution < -0.4 is 5.32 Å². The lowest BCUT2D eigenvalue weighted by Gasteiger charge is -2.32. The van der Waals surface area contributed by atoms with E-state index in [-0.39, 0.29) is 37.2 Å². The van der Waals surface area contributed by atoms with Crippen LogP contribution in [0.3, 0.4) is 0 Å². The summed E-state index contributed by atoms with van der Waals surface area (Å²) in [5.41, 5.74) is 3.28. The van der Waals surface area contributed by atoms with Gasteiger partial charge in [0.1, 0.15) is 11.5 Å². The van der Waals surface area contributed by atoms with Crippen molar-refractivity contribution in [3.8, 4) is 0 Å². The number of Topliss-reactive ketones (excluding diaryl/α,β-unsaturated/α-hetero) is 1. The Hall–Kier alpha value is -4.21. The van der Waals surface area contributed by atoms with Gasteiger partial charge in [0.25, 0.3) is 0 Å². The Morgan fingerprint density at radius 2 is 1.84 bits per heavy atom.